The van der Waals surface area contributed by atoms with Crippen LogP contribution >= 0.6 is 0 Å². The second-order valence-corrected chi connectivity index (χ2v) is 8.00. The van der Waals surface area contributed by atoms with Gasteiger partial charge in [0, 0.05) is 37.1 Å². The molecule has 3 heterocycles. The van der Waals surface area contributed by atoms with Crippen molar-refractivity contribution in [1.29, 1.82) is 0 Å². The van der Waals surface area contributed by atoms with E-state index in [1.54, 1.807) is 13.3 Å². The minimum atomic E-state index is -1.05. The average molecular weight is 384 g/mol. The van der Waals surface area contributed by atoms with E-state index >= 15 is 0 Å². The lowest BCUT2D eigenvalue weighted by Gasteiger charge is -2.53. The van der Waals surface area contributed by atoms with Crippen molar-refractivity contribution in [2.24, 2.45) is 11.8 Å². The van der Waals surface area contributed by atoms with Gasteiger partial charge < -0.3 is 24.7 Å². The van der Waals surface area contributed by atoms with Crippen LogP contribution in [0.2, 0.25) is 0 Å². The minimum Gasteiger partial charge on any atom is -0.623 e. The van der Waals surface area contributed by atoms with Gasteiger partial charge in [-0.1, -0.05) is 24.3 Å². The van der Waals surface area contributed by atoms with Crippen molar-refractivity contribution < 1.29 is 23.7 Å². The molecule has 0 spiro atoms. The molecule has 5 rings (SSSR count). The van der Waals surface area contributed by atoms with E-state index in [9.17, 15) is 10.0 Å². The molecule has 1 aromatic carbocycles. The van der Waals surface area contributed by atoms with Gasteiger partial charge >= 0.3 is 5.97 Å². The molecule has 1 aliphatic carbocycles. The lowest BCUT2D eigenvalue weighted by atomic mass is 9.52. The minimum absolute atomic E-state index is 0.118. The van der Waals surface area contributed by atoms with Crippen molar-refractivity contribution in [3.63, 3.8) is 0 Å². The summed E-state index contributed by atoms with van der Waals surface area (Å²) in [6, 6.07) is 7.42. The second-order valence-electron chi connectivity index (χ2n) is 8.00. The molecule has 7 nitrogen and oxygen atoms in total. The van der Waals surface area contributed by atoms with E-state index < -0.39 is 29.4 Å². The van der Waals surface area contributed by atoms with Crippen LogP contribution in [-0.4, -0.2) is 49.2 Å². The lowest BCUT2D eigenvalue weighted by molar-refractivity contribution is -0.536. The Labute approximate surface area is 163 Å². The van der Waals surface area contributed by atoms with Crippen LogP contribution in [0.15, 0.2) is 35.9 Å². The van der Waals surface area contributed by atoms with Crippen LogP contribution in [0.25, 0.3) is 0 Å². The van der Waals surface area contributed by atoms with E-state index in [1.165, 1.54) is 7.11 Å². The standard InChI is InChI=1S/C21H24N2O5/c1-4-12-11-23(25)16-9-13(12)18(19(24)27-3)20-10-17(26-2)28-21(16,20)22-15-8-6-5-7-14(15)20/h4-8,11,13,16-18,22H,9-10H2,1-3H3/b12-4-/t13-,16-,17+,18?,20-,21-/m0/s1. The van der Waals surface area contributed by atoms with Crippen molar-refractivity contribution in [2.45, 2.75) is 43.2 Å². The number of carbonyl (C=O) groups is 1. The first kappa shape index (κ1) is 17.7. The molecule has 0 aromatic heterocycles. The van der Waals surface area contributed by atoms with Crippen molar-refractivity contribution in [3.05, 3.63) is 46.7 Å². The molecule has 0 radical (unpaired) electrons. The van der Waals surface area contributed by atoms with Gasteiger partial charge in [-0.05, 0) is 18.6 Å². The van der Waals surface area contributed by atoms with Gasteiger partial charge in [-0.3, -0.25) is 4.79 Å². The lowest BCUT2D eigenvalue weighted by Crippen LogP contribution is -2.71. The number of methoxy groups -OCH3 is 2. The summed E-state index contributed by atoms with van der Waals surface area (Å²) in [4.78, 5) is 13.2. The van der Waals surface area contributed by atoms with Crippen LogP contribution < -0.4 is 5.32 Å². The topological polar surface area (TPSA) is 82.9 Å². The van der Waals surface area contributed by atoms with Gasteiger partial charge in [0.15, 0.2) is 12.5 Å². The molecule has 2 fully saturated rings. The molecule has 1 N–H and O–H groups in total. The molecule has 2 bridgehead atoms. The first-order valence-electron chi connectivity index (χ1n) is 9.65. The quantitative estimate of drug-likeness (QED) is 0.478. The van der Waals surface area contributed by atoms with Gasteiger partial charge in [0.1, 0.15) is 0 Å². The van der Waals surface area contributed by atoms with Crippen LogP contribution in [0.5, 0.6) is 0 Å². The fraction of sp³-hybridized carbons (Fsp3) is 0.524. The Balaban J connectivity index is 1.84. The number of ether oxygens (including phenoxy) is 3. The smallest absolute Gasteiger partial charge is 0.310 e. The number of hydrogen-bond donors (Lipinski definition) is 1. The van der Waals surface area contributed by atoms with E-state index in [1.807, 2.05) is 37.3 Å². The highest BCUT2D eigenvalue weighted by molar-refractivity contribution is 5.85. The number of carbonyl (C=O) groups excluding carboxylic acids is 1. The summed E-state index contributed by atoms with van der Waals surface area (Å²) < 4.78 is 18.3. The Kier molecular flexibility index (Phi) is 3.67. The molecule has 4 aliphatic rings. The highest BCUT2D eigenvalue weighted by atomic mass is 16.7. The third-order valence-corrected chi connectivity index (χ3v) is 7.14. The van der Waals surface area contributed by atoms with E-state index in [0.29, 0.717) is 12.8 Å². The number of hydroxylamine groups is 1. The molecular weight excluding hydrogens is 360 g/mol. The largest absolute Gasteiger partial charge is 0.623 e. The molecule has 1 unspecified atom stereocenters. The third-order valence-electron chi connectivity index (χ3n) is 7.14. The predicted molar refractivity (Wildman–Crippen MR) is 102 cm³/mol. The van der Waals surface area contributed by atoms with E-state index in [-0.39, 0.29) is 11.9 Å². The maximum atomic E-state index is 13.2. The molecule has 1 aromatic rings. The number of nitrogens with one attached hydrogen (secondary N) is 1. The molecule has 28 heavy (non-hydrogen) atoms. The van der Waals surface area contributed by atoms with Gasteiger partial charge in [-0.15, -0.1) is 0 Å². The Morgan fingerprint density at radius 2 is 2.18 bits per heavy atom. The summed E-state index contributed by atoms with van der Waals surface area (Å²) >= 11 is 0. The maximum absolute atomic E-state index is 13.2. The number of para-hydroxylation sites is 1. The van der Waals surface area contributed by atoms with E-state index in [2.05, 4.69) is 5.32 Å². The fourth-order valence-corrected chi connectivity index (χ4v) is 6.13. The summed E-state index contributed by atoms with van der Waals surface area (Å²) in [6.07, 6.45) is 3.99. The molecule has 1 saturated carbocycles. The average Bonchev–Trinajstić information content (AvgIpc) is 3.19. The number of benzene rings is 1. The van der Waals surface area contributed by atoms with Crippen LogP contribution in [0, 0.1) is 17.0 Å². The van der Waals surface area contributed by atoms with Crippen molar-refractivity contribution in [3.8, 4) is 0 Å². The van der Waals surface area contributed by atoms with Crippen LogP contribution in [0.4, 0.5) is 5.69 Å². The number of nitrogens with zero attached hydrogens (tertiary/aromatic N) is 1. The monoisotopic (exact) mass is 384 g/mol. The first-order valence-corrected chi connectivity index (χ1v) is 9.65. The number of allylic oxidation sites excluding steroid dienone is 2. The highest BCUT2D eigenvalue weighted by Gasteiger charge is 2.79. The number of fused-ring (bicyclic) bond motifs is 3. The van der Waals surface area contributed by atoms with Gasteiger partial charge in [0.05, 0.1) is 18.4 Å². The molecule has 0 amide bonds. The van der Waals surface area contributed by atoms with Crippen LogP contribution in [0.3, 0.4) is 0 Å². The van der Waals surface area contributed by atoms with Crippen molar-refractivity contribution in [1.82, 2.24) is 0 Å². The Morgan fingerprint density at radius 1 is 1.39 bits per heavy atom. The van der Waals surface area contributed by atoms with E-state index in [4.69, 9.17) is 14.2 Å². The Morgan fingerprint density at radius 3 is 2.89 bits per heavy atom. The van der Waals surface area contributed by atoms with Crippen molar-refractivity contribution >= 4 is 17.9 Å². The van der Waals surface area contributed by atoms with Gasteiger partial charge in [-0.2, -0.15) is 0 Å². The summed E-state index contributed by atoms with van der Waals surface area (Å²) in [5.74, 6) is -0.882. The molecule has 148 valence electrons. The molecule has 7 heteroatoms. The molecule has 6 atom stereocenters. The molecule has 3 aliphatic heterocycles. The Bertz CT molecular complexity index is 912. The second kappa shape index (κ2) is 5.81. The number of hydrogen-bond acceptors (Lipinski definition) is 6. The predicted octanol–water partition coefficient (Wildman–Crippen LogP) is 2.16. The highest BCUT2D eigenvalue weighted by Crippen LogP contribution is 2.67. The maximum Gasteiger partial charge on any atom is 0.310 e. The summed E-state index contributed by atoms with van der Waals surface area (Å²) in [5, 5.41) is 16.6. The fourth-order valence-electron chi connectivity index (χ4n) is 6.13. The van der Waals surface area contributed by atoms with Gasteiger partial charge in [0.2, 0.25) is 11.8 Å². The number of anilines is 1. The third kappa shape index (κ3) is 1.86. The number of esters is 1. The molecule has 1 saturated heterocycles. The zero-order valence-corrected chi connectivity index (χ0v) is 16.2. The van der Waals surface area contributed by atoms with Crippen LogP contribution in [-0.2, 0) is 24.4 Å². The van der Waals surface area contributed by atoms with Crippen molar-refractivity contribution in [2.75, 3.05) is 19.5 Å². The van der Waals surface area contributed by atoms with Crippen LogP contribution in [0.1, 0.15) is 25.3 Å². The summed E-state index contributed by atoms with van der Waals surface area (Å²) in [6.45, 7) is 1.90. The normalized spacial score (nSPS) is 41.5. The summed E-state index contributed by atoms with van der Waals surface area (Å²) in [5.41, 5.74) is 0.953. The Hall–Kier alpha value is -2.38. The SMILES string of the molecule is C/C=C1/C=[N+]([O-])[C@H]2C[C@@H]1C(C(=O)OC)[C@@]13C[C@H](OC)O[C@@]21Nc1ccccc13. The zero-order chi connectivity index (χ0) is 19.7. The number of rotatable bonds is 2. The van der Waals surface area contributed by atoms with Gasteiger partial charge in [-0.25, -0.2) is 4.74 Å². The summed E-state index contributed by atoms with van der Waals surface area (Å²) in [7, 11) is 3.01. The van der Waals surface area contributed by atoms with E-state index in [0.717, 1.165) is 21.6 Å². The van der Waals surface area contributed by atoms with Gasteiger partial charge in [0.25, 0.3) is 0 Å². The first-order chi connectivity index (χ1) is 13.5. The zero-order valence-electron chi connectivity index (χ0n) is 16.2. The molecular formula is C21H24N2O5.